The van der Waals surface area contributed by atoms with Crippen LogP contribution in [0, 0.1) is 0 Å². The van der Waals surface area contributed by atoms with E-state index < -0.39 is 0 Å². The second kappa shape index (κ2) is 7.46. The molecule has 8 nitrogen and oxygen atoms in total. The van der Waals surface area contributed by atoms with E-state index in [9.17, 15) is 9.59 Å². The number of carbonyl (C=O) groups excluding carboxylic acids is 2. The van der Waals surface area contributed by atoms with Crippen molar-refractivity contribution in [2.24, 2.45) is 0 Å². The van der Waals surface area contributed by atoms with Crippen LogP contribution in [-0.4, -0.2) is 49.3 Å². The maximum absolute atomic E-state index is 12.9. The third-order valence-corrected chi connectivity index (χ3v) is 5.35. The molecule has 0 bridgehead atoms. The predicted molar refractivity (Wildman–Crippen MR) is 98.1 cm³/mol. The van der Waals surface area contributed by atoms with Crippen LogP contribution < -0.4 is 5.32 Å². The molecule has 1 N–H and O–H groups in total. The summed E-state index contributed by atoms with van der Waals surface area (Å²) in [6, 6.07) is 3.94. The Morgan fingerprint density at radius 1 is 1.22 bits per heavy atom. The largest absolute Gasteiger partial charge is 0.348 e. The molecule has 0 radical (unpaired) electrons. The highest BCUT2D eigenvalue weighted by Gasteiger charge is 2.29. The van der Waals surface area contributed by atoms with Crippen LogP contribution in [0.4, 0.5) is 0 Å². The van der Waals surface area contributed by atoms with Crippen LogP contribution in [0.3, 0.4) is 0 Å². The zero-order chi connectivity index (χ0) is 18.8. The summed E-state index contributed by atoms with van der Waals surface area (Å²) in [6.45, 7) is 3.62. The molecule has 1 aliphatic carbocycles. The lowest BCUT2D eigenvalue weighted by atomic mass is 9.93. The number of fused-ring (bicyclic) bond motifs is 1. The lowest BCUT2D eigenvalue weighted by Crippen LogP contribution is -2.40. The Morgan fingerprint density at radius 2 is 2.07 bits per heavy atom. The summed E-state index contributed by atoms with van der Waals surface area (Å²) in [5, 5.41) is 11.2. The van der Waals surface area contributed by atoms with E-state index in [1.807, 2.05) is 19.1 Å². The monoisotopic (exact) mass is 368 g/mol. The average molecular weight is 368 g/mol. The molecule has 2 aromatic rings. The van der Waals surface area contributed by atoms with Crippen molar-refractivity contribution < 1.29 is 9.59 Å². The van der Waals surface area contributed by atoms with Crippen LogP contribution in [-0.2, 0) is 19.5 Å². The third-order valence-electron chi connectivity index (χ3n) is 5.35. The van der Waals surface area contributed by atoms with Crippen molar-refractivity contribution in [3.63, 3.8) is 0 Å². The molecule has 0 saturated heterocycles. The first kappa shape index (κ1) is 17.6. The zero-order valence-corrected chi connectivity index (χ0v) is 15.5. The van der Waals surface area contributed by atoms with E-state index in [1.54, 1.807) is 15.8 Å². The minimum atomic E-state index is -0.191. The van der Waals surface area contributed by atoms with Gasteiger partial charge in [-0.1, -0.05) is 12.1 Å². The Kier molecular flexibility index (Phi) is 4.87. The molecule has 0 atom stereocenters. The standard InChI is InChI=1S/C19H24N6O2/c1-2-14-8-7-13(11-20-14)19(27)24-9-4-10-25-16(12-24)17(22-23-25)18(26)21-15-5-3-6-15/h7-8,11,15H,2-6,9-10,12H2,1H3,(H,21,26). The number of nitrogens with one attached hydrogen (secondary N) is 1. The van der Waals surface area contributed by atoms with Crippen molar-refractivity contribution in [2.45, 2.75) is 58.2 Å². The molecule has 2 aromatic heterocycles. The number of amides is 2. The summed E-state index contributed by atoms with van der Waals surface area (Å²) in [6.07, 6.45) is 6.42. The van der Waals surface area contributed by atoms with Gasteiger partial charge in [-0.05, 0) is 44.2 Å². The summed E-state index contributed by atoms with van der Waals surface area (Å²) in [5.74, 6) is -0.269. The number of hydrogen-bond donors (Lipinski definition) is 1. The number of carbonyl (C=O) groups is 2. The van der Waals surface area contributed by atoms with E-state index in [1.165, 1.54) is 0 Å². The predicted octanol–water partition coefficient (Wildman–Crippen LogP) is 1.56. The van der Waals surface area contributed by atoms with E-state index >= 15 is 0 Å². The van der Waals surface area contributed by atoms with Crippen molar-refractivity contribution in [3.8, 4) is 0 Å². The lowest BCUT2D eigenvalue weighted by Gasteiger charge is -2.26. The fraction of sp³-hybridized carbons (Fsp3) is 0.526. The Morgan fingerprint density at radius 3 is 2.74 bits per heavy atom. The quantitative estimate of drug-likeness (QED) is 0.884. The molecule has 2 aliphatic rings. The van der Waals surface area contributed by atoms with Gasteiger partial charge >= 0.3 is 0 Å². The highest BCUT2D eigenvalue weighted by atomic mass is 16.2. The van der Waals surface area contributed by atoms with Gasteiger partial charge in [0.25, 0.3) is 11.8 Å². The average Bonchev–Trinajstić information content (AvgIpc) is 2.94. The molecule has 3 heterocycles. The Hall–Kier alpha value is -2.77. The molecule has 27 heavy (non-hydrogen) atoms. The van der Waals surface area contributed by atoms with Crippen molar-refractivity contribution in [3.05, 3.63) is 41.0 Å². The SMILES string of the molecule is CCc1ccc(C(=O)N2CCCn3nnc(C(=O)NC4CCC4)c3C2)cn1. The Bertz CT molecular complexity index is 840. The fourth-order valence-corrected chi connectivity index (χ4v) is 3.44. The minimum Gasteiger partial charge on any atom is -0.348 e. The van der Waals surface area contributed by atoms with Crippen molar-refractivity contribution in [1.29, 1.82) is 0 Å². The van der Waals surface area contributed by atoms with Crippen LogP contribution >= 0.6 is 0 Å². The van der Waals surface area contributed by atoms with E-state index in [-0.39, 0.29) is 17.9 Å². The van der Waals surface area contributed by atoms with Gasteiger partial charge in [-0.3, -0.25) is 14.6 Å². The van der Waals surface area contributed by atoms with Crippen molar-refractivity contribution >= 4 is 11.8 Å². The van der Waals surface area contributed by atoms with Crippen LogP contribution in [0.5, 0.6) is 0 Å². The molecule has 1 fully saturated rings. The highest BCUT2D eigenvalue weighted by Crippen LogP contribution is 2.20. The molecule has 2 amide bonds. The van der Waals surface area contributed by atoms with Crippen LogP contribution in [0.2, 0.25) is 0 Å². The van der Waals surface area contributed by atoms with Gasteiger partial charge in [0.05, 0.1) is 17.8 Å². The number of pyridine rings is 1. The number of rotatable bonds is 4. The second-order valence-corrected chi connectivity index (χ2v) is 7.18. The molecule has 0 aromatic carbocycles. The lowest BCUT2D eigenvalue weighted by molar-refractivity contribution is 0.0741. The summed E-state index contributed by atoms with van der Waals surface area (Å²) in [7, 11) is 0. The second-order valence-electron chi connectivity index (χ2n) is 7.18. The van der Waals surface area contributed by atoms with Gasteiger partial charge < -0.3 is 10.2 Å². The minimum absolute atomic E-state index is 0.0786. The van der Waals surface area contributed by atoms with Crippen LogP contribution in [0.25, 0.3) is 0 Å². The van der Waals surface area contributed by atoms with Gasteiger partial charge in [-0.15, -0.1) is 5.10 Å². The van der Waals surface area contributed by atoms with Gasteiger partial charge in [0.2, 0.25) is 0 Å². The van der Waals surface area contributed by atoms with Gasteiger partial charge in [0, 0.05) is 31.0 Å². The third kappa shape index (κ3) is 3.56. The molecule has 0 unspecified atom stereocenters. The number of hydrogen-bond acceptors (Lipinski definition) is 5. The Balaban J connectivity index is 1.53. The normalized spacial score (nSPS) is 17.0. The van der Waals surface area contributed by atoms with Gasteiger partial charge in [-0.25, -0.2) is 4.68 Å². The zero-order valence-electron chi connectivity index (χ0n) is 15.5. The Labute approximate surface area is 158 Å². The maximum atomic E-state index is 12.9. The first-order chi connectivity index (χ1) is 13.2. The number of aryl methyl sites for hydroxylation is 2. The molecule has 1 saturated carbocycles. The molecule has 0 spiro atoms. The fourth-order valence-electron chi connectivity index (χ4n) is 3.44. The molecule has 8 heteroatoms. The summed E-state index contributed by atoms with van der Waals surface area (Å²) in [5.41, 5.74) is 2.56. The summed E-state index contributed by atoms with van der Waals surface area (Å²) in [4.78, 5) is 31.6. The molecule has 4 rings (SSSR count). The van der Waals surface area contributed by atoms with E-state index in [0.717, 1.165) is 37.8 Å². The first-order valence-corrected chi connectivity index (χ1v) is 9.63. The van der Waals surface area contributed by atoms with Gasteiger partial charge in [-0.2, -0.15) is 0 Å². The summed E-state index contributed by atoms with van der Waals surface area (Å²) >= 11 is 0. The maximum Gasteiger partial charge on any atom is 0.274 e. The van der Waals surface area contributed by atoms with Crippen molar-refractivity contribution in [2.75, 3.05) is 6.54 Å². The first-order valence-electron chi connectivity index (χ1n) is 9.63. The number of aromatic nitrogens is 4. The molecule has 142 valence electrons. The van der Waals surface area contributed by atoms with Crippen LogP contribution in [0.15, 0.2) is 18.3 Å². The molecule has 1 aliphatic heterocycles. The van der Waals surface area contributed by atoms with E-state index in [4.69, 9.17) is 0 Å². The molecular formula is C19H24N6O2. The smallest absolute Gasteiger partial charge is 0.274 e. The van der Waals surface area contributed by atoms with Crippen molar-refractivity contribution in [1.82, 2.24) is 30.2 Å². The summed E-state index contributed by atoms with van der Waals surface area (Å²) < 4.78 is 1.75. The van der Waals surface area contributed by atoms with Gasteiger partial charge in [0.15, 0.2) is 5.69 Å². The van der Waals surface area contributed by atoms with Gasteiger partial charge in [0.1, 0.15) is 0 Å². The highest BCUT2D eigenvalue weighted by molar-refractivity contribution is 5.95. The van der Waals surface area contributed by atoms with Crippen LogP contribution in [0.1, 0.15) is 64.8 Å². The molecular weight excluding hydrogens is 344 g/mol. The topological polar surface area (TPSA) is 93.0 Å². The number of nitrogens with zero attached hydrogens (tertiary/aromatic N) is 5. The van der Waals surface area contributed by atoms with E-state index in [0.29, 0.717) is 36.6 Å². The van der Waals surface area contributed by atoms with E-state index in [2.05, 4.69) is 20.6 Å².